The van der Waals surface area contributed by atoms with Gasteiger partial charge in [-0.1, -0.05) is 12.1 Å². The monoisotopic (exact) mass is 413 g/mol. The lowest BCUT2D eigenvalue weighted by atomic mass is 10.0. The Balaban J connectivity index is 1.66. The number of carbonyl (C=O) groups is 2. The van der Waals surface area contributed by atoms with Crippen LogP contribution in [-0.2, 0) is 4.79 Å². The van der Waals surface area contributed by atoms with Gasteiger partial charge < -0.3 is 20.2 Å². The number of likely N-dealkylation sites (N-methyl/N-ethyl adjacent to an activating group) is 1. The summed E-state index contributed by atoms with van der Waals surface area (Å²) in [6.45, 7) is 5.29. The minimum atomic E-state index is -1.26. The van der Waals surface area contributed by atoms with E-state index in [1.165, 1.54) is 12.4 Å². The van der Waals surface area contributed by atoms with E-state index < -0.39 is 24.0 Å². The molecule has 2 aromatic rings. The van der Waals surface area contributed by atoms with Crippen LogP contribution in [0, 0.1) is 0 Å². The maximum absolute atomic E-state index is 12.4. The fourth-order valence-electron chi connectivity index (χ4n) is 3.29. The van der Waals surface area contributed by atoms with Crippen molar-refractivity contribution in [2.45, 2.75) is 19.1 Å². The van der Waals surface area contributed by atoms with Crippen LogP contribution >= 0.6 is 0 Å². The molecule has 9 nitrogen and oxygen atoms in total. The number of aliphatic hydroxyl groups excluding tert-OH is 1. The quantitative estimate of drug-likeness (QED) is 0.402. The highest BCUT2D eigenvalue weighted by molar-refractivity contribution is 5.97. The highest BCUT2D eigenvalue weighted by atomic mass is 16.5. The third kappa shape index (κ3) is 5.12. The normalized spacial score (nSPS) is 16.6. The lowest BCUT2D eigenvalue weighted by Gasteiger charge is -2.33. The van der Waals surface area contributed by atoms with Crippen molar-refractivity contribution in [3.05, 3.63) is 48.2 Å². The summed E-state index contributed by atoms with van der Waals surface area (Å²) < 4.78 is 0. The molecule has 1 aromatic carbocycles. The summed E-state index contributed by atoms with van der Waals surface area (Å²) in [7, 11) is 2.11. The number of pyridine rings is 1. The molecule has 0 unspecified atom stereocenters. The number of nitrogens with one attached hydrogen (secondary N) is 2. The Morgan fingerprint density at radius 1 is 1.03 bits per heavy atom. The lowest BCUT2D eigenvalue weighted by molar-refractivity contribution is -0.133. The minimum absolute atomic E-state index is 0.331. The van der Waals surface area contributed by atoms with Crippen LogP contribution < -0.4 is 15.7 Å². The van der Waals surface area contributed by atoms with Crippen LogP contribution in [0.25, 0.3) is 11.1 Å². The van der Waals surface area contributed by atoms with Crippen molar-refractivity contribution < 1.29 is 19.9 Å². The van der Waals surface area contributed by atoms with Crippen LogP contribution in [0.1, 0.15) is 17.3 Å². The van der Waals surface area contributed by atoms with Gasteiger partial charge in [0, 0.05) is 43.5 Å². The average molecular weight is 413 g/mol. The van der Waals surface area contributed by atoms with Gasteiger partial charge in [-0.25, -0.2) is 10.5 Å². The van der Waals surface area contributed by atoms with Crippen molar-refractivity contribution >= 4 is 17.6 Å². The van der Waals surface area contributed by atoms with Gasteiger partial charge in [0.25, 0.3) is 11.8 Å². The van der Waals surface area contributed by atoms with E-state index >= 15 is 0 Å². The number of benzene rings is 1. The zero-order valence-electron chi connectivity index (χ0n) is 17.1. The molecule has 1 aliphatic heterocycles. The largest absolute Gasteiger partial charge is 0.391 e. The Labute approximate surface area is 175 Å². The standard InChI is InChI=1S/C21H27N5O4/c1-14(27)19(21(29)24-30)23-20(28)16-5-3-15(4-6-16)17-7-8-18(22-13-17)26-11-9-25(2)10-12-26/h3-8,13-14,19,27,30H,9-12H2,1-2H3,(H,23,28)(H,24,29)/t14-,19+/m1/s1. The molecular weight excluding hydrogens is 386 g/mol. The molecule has 1 fully saturated rings. The molecule has 1 saturated heterocycles. The van der Waals surface area contributed by atoms with Gasteiger partial charge in [0.1, 0.15) is 11.9 Å². The van der Waals surface area contributed by atoms with E-state index in [2.05, 4.69) is 27.1 Å². The third-order valence-electron chi connectivity index (χ3n) is 5.22. The number of amides is 2. The van der Waals surface area contributed by atoms with Crippen molar-refractivity contribution in [1.82, 2.24) is 20.7 Å². The van der Waals surface area contributed by atoms with Gasteiger partial charge in [-0.05, 0) is 43.8 Å². The molecular formula is C21H27N5O4. The first kappa shape index (κ1) is 21.7. The number of anilines is 1. The fourth-order valence-corrected chi connectivity index (χ4v) is 3.29. The van der Waals surface area contributed by atoms with Gasteiger partial charge in [0.15, 0.2) is 0 Å². The number of hydrogen-bond donors (Lipinski definition) is 4. The first-order valence-corrected chi connectivity index (χ1v) is 9.82. The van der Waals surface area contributed by atoms with Crippen LogP contribution in [-0.4, -0.2) is 77.4 Å². The van der Waals surface area contributed by atoms with Gasteiger partial charge in [-0.3, -0.25) is 14.8 Å². The van der Waals surface area contributed by atoms with Crippen molar-refractivity contribution in [2.75, 3.05) is 38.1 Å². The average Bonchev–Trinajstić information content (AvgIpc) is 2.77. The zero-order chi connectivity index (χ0) is 21.7. The van der Waals surface area contributed by atoms with E-state index in [9.17, 15) is 14.7 Å². The summed E-state index contributed by atoms with van der Waals surface area (Å²) >= 11 is 0. The Kier molecular flexibility index (Phi) is 6.99. The molecule has 0 saturated carbocycles. The first-order chi connectivity index (χ1) is 14.4. The number of rotatable bonds is 6. The molecule has 30 heavy (non-hydrogen) atoms. The van der Waals surface area contributed by atoms with Crippen molar-refractivity contribution in [3.63, 3.8) is 0 Å². The van der Waals surface area contributed by atoms with E-state index in [1.54, 1.807) is 24.3 Å². The number of aromatic nitrogens is 1. The first-order valence-electron chi connectivity index (χ1n) is 9.82. The summed E-state index contributed by atoms with van der Waals surface area (Å²) in [5, 5.41) is 20.8. The summed E-state index contributed by atoms with van der Waals surface area (Å²) in [4.78, 5) is 33.1. The highest BCUT2D eigenvalue weighted by Crippen LogP contribution is 2.22. The Bertz CT molecular complexity index is 862. The Morgan fingerprint density at radius 2 is 1.67 bits per heavy atom. The molecule has 9 heteroatoms. The van der Waals surface area contributed by atoms with Crippen molar-refractivity contribution in [1.29, 1.82) is 0 Å². The summed E-state index contributed by atoms with van der Waals surface area (Å²) in [6, 6.07) is 9.61. The van der Waals surface area contributed by atoms with Crippen LogP contribution in [0.15, 0.2) is 42.6 Å². The lowest BCUT2D eigenvalue weighted by Crippen LogP contribution is -2.51. The minimum Gasteiger partial charge on any atom is -0.391 e. The molecule has 1 aliphatic rings. The SMILES string of the molecule is C[C@@H](O)[C@H](NC(=O)c1ccc(-c2ccc(N3CCN(C)CC3)nc2)cc1)C(=O)NO. The second-order valence-corrected chi connectivity index (χ2v) is 7.44. The van der Waals surface area contributed by atoms with E-state index in [0.717, 1.165) is 43.1 Å². The number of nitrogens with zero attached hydrogens (tertiary/aromatic N) is 3. The maximum atomic E-state index is 12.4. The number of hydrogen-bond acceptors (Lipinski definition) is 7. The molecule has 2 heterocycles. The van der Waals surface area contributed by atoms with Crippen LogP contribution in [0.5, 0.6) is 0 Å². The van der Waals surface area contributed by atoms with Crippen LogP contribution in [0.2, 0.25) is 0 Å². The Morgan fingerprint density at radius 3 is 2.20 bits per heavy atom. The summed E-state index contributed by atoms with van der Waals surface area (Å²) in [6.07, 6.45) is 0.655. The second-order valence-electron chi connectivity index (χ2n) is 7.44. The summed E-state index contributed by atoms with van der Waals surface area (Å²) in [5.74, 6) is -0.463. The highest BCUT2D eigenvalue weighted by Gasteiger charge is 2.25. The van der Waals surface area contributed by atoms with E-state index in [-0.39, 0.29) is 0 Å². The maximum Gasteiger partial charge on any atom is 0.268 e. The Hall–Kier alpha value is -3.01. The van der Waals surface area contributed by atoms with E-state index in [1.807, 2.05) is 18.3 Å². The zero-order valence-corrected chi connectivity index (χ0v) is 17.1. The molecule has 3 rings (SSSR count). The van der Waals surface area contributed by atoms with Gasteiger partial charge in [0.2, 0.25) is 0 Å². The third-order valence-corrected chi connectivity index (χ3v) is 5.22. The second kappa shape index (κ2) is 9.66. The van der Waals surface area contributed by atoms with Gasteiger partial charge in [0.05, 0.1) is 6.10 Å². The molecule has 1 aromatic heterocycles. The van der Waals surface area contributed by atoms with Crippen molar-refractivity contribution in [2.24, 2.45) is 0 Å². The molecule has 2 atom stereocenters. The number of hydroxylamine groups is 1. The molecule has 2 amide bonds. The fraction of sp³-hybridized carbons (Fsp3) is 0.381. The van der Waals surface area contributed by atoms with Gasteiger partial charge in [-0.15, -0.1) is 0 Å². The van der Waals surface area contributed by atoms with Gasteiger partial charge >= 0.3 is 0 Å². The molecule has 0 bridgehead atoms. The molecule has 160 valence electrons. The predicted molar refractivity (Wildman–Crippen MR) is 112 cm³/mol. The molecule has 4 N–H and O–H groups in total. The summed E-state index contributed by atoms with van der Waals surface area (Å²) in [5.41, 5.74) is 3.61. The molecule has 0 spiro atoms. The smallest absolute Gasteiger partial charge is 0.268 e. The van der Waals surface area contributed by atoms with Gasteiger partial charge in [-0.2, -0.15) is 0 Å². The molecule has 0 radical (unpaired) electrons. The number of carbonyl (C=O) groups excluding carboxylic acids is 2. The number of piperazine rings is 1. The molecule has 0 aliphatic carbocycles. The van der Waals surface area contributed by atoms with E-state index in [0.29, 0.717) is 5.56 Å². The van der Waals surface area contributed by atoms with Crippen LogP contribution in [0.3, 0.4) is 0 Å². The van der Waals surface area contributed by atoms with Crippen molar-refractivity contribution in [3.8, 4) is 11.1 Å². The number of aliphatic hydroxyl groups is 1. The van der Waals surface area contributed by atoms with Crippen LogP contribution in [0.4, 0.5) is 5.82 Å². The predicted octanol–water partition coefficient (Wildman–Crippen LogP) is 0.485. The van der Waals surface area contributed by atoms with E-state index in [4.69, 9.17) is 5.21 Å². The topological polar surface area (TPSA) is 118 Å².